The zero-order valence-electron chi connectivity index (χ0n) is 15.8. The lowest BCUT2D eigenvalue weighted by Gasteiger charge is -2.12. The SMILES string of the molecule is CCc1cccc(C)c1NC(=O)CO/N=C(/N)CC(=O)Nc1ccccc1Cl. The summed E-state index contributed by atoms with van der Waals surface area (Å²) in [6.45, 7) is 3.62. The number of amidine groups is 1. The van der Waals surface area contributed by atoms with Crippen molar-refractivity contribution in [1.29, 1.82) is 0 Å². The average Bonchev–Trinajstić information content (AvgIpc) is 2.65. The van der Waals surface area contributed by atoms with E-state index in [-0.39, 0.29) is 24.8 Å². The molecule has 0 aliphatic carbocycles. The van der Waals surface area contributed by atoms with Crippen LogP contribution >= 0.6 is 11.6 Å². The minimum atomic E-state index is -0.394. The Kier molecular flexibility index (Phi) is 7.83. The van der Waals surface area contributed by atoms with E-state index in [1.54, 1.807) is 24.3 Å². The molecule has 0 fully saturated rings. The molecule has 148 valence electrons. The highest BCUT2D eigenvalue weighted by atomic mass is 35.5. The van der Waals surface area contributed by atoms with Gasteiger partial charge in [-0.3, -0.25) is 9.59 Å². The van der Waals surface area contributed by atoms with Crippen LogP contribution in [0, 0.1) is 6.92 Å². The van der Waals surface area contributed by atoms with Gasteiger partial charge < -0.3 is 21.2 Å². The van der Waals surface area contributed by atoms with E-state index in [2.05, 4.69) is 15.8 Å². The summed E-state index contributed by atoms with van der Waals surface area (Å²) in [7, 11) is 0. The van der Waals surface area contributed by atoms with E-state index in [1.165, 1.54) is 0 Å². The van der Waals surface area contributed by atoms with Crippen molar-refractivity contribution in [1.82, 2.24) is 0 Å². The minimum Gasteiger partial charge on any atom is -0.384 e. The summed E-state index contributed by atoms with van der Waals surface area (Å²) in [5.41, 5.74) is 8.93. The molecule has 2 rings (SSSR count). The number of para-hydroxylation sites is 2. The van der Waals surface area contributed by atoms with Crippen LogP contribution < -0.4 is 16.4 Å². The van der Waals surface area contributed by atoms with Gasteiger partial charge in [-0.15, -0.1) is 0 Å². The second-order valence-electron chi connectivity index (χ2n) is 6.07. The fourth-order valence-corrected chi connectivity index (χ4v) is 2.69. The van der Waals surface area contributed by atoms with Gasteiger partial charge in [-0.2, -0.15) is 0 Å². The van der Waals surface area contributed by atoms with E-state index >= 15 is 0 Å². The Hall–Kier alpha value is -3.06. The highest BCUT2D eigenvalue weighted by molar-refractivity contribution is 6.33. The van der Waals surface area contributed by atoms with Gasteiger partial charge >= 0.3 is 0 Å². The van der Waals surface area contributed by atoms with Crippen LogP contribution in [0.2, 0.25) is 5.02 Å². The number of aryl methyl sites for hydroxylation is 2. The van der Waals surface area contributed by atoms with Crippen molar-refractivity contribution in [2.75, 3.05) is 17.2 Å². The third kappa shape index (κ3) is 6.28. The molecule has 0 atom stereocenters. The fourth-order valence-electron chi connectivity index (χ4n) is 2.51. The molecule has 2 amide bonds. The lowest BCUT2D eigenvalue weighted by Crippen LogP contribution is -2.24. The predicted octanol–water partition coefficient (Wildman–Crippen LogP) is 3.47. The van der Waals surface area contributed by atoms with Gasteiger partial charge in [0.2, 0.25) is 5.91 Å². The van der Waals surface area contributed by atoms with Gasteiger partial charge in [0.05, 0.1) is 17.1 Å². The molecule has 0 saturated carbocycles. The van der Waals surface area contributed by atoms with Gasteiger partial charge in [0, 0.05) is 5.69 Å². The number of rotatable bonds is 8. The summed E-state index contributed by atoms with van der Waals surface area (Å²) in [5.74, 6) is -0.807. The lowest BCUT2D eigenvalue weighted by atomic mass is 10.1. The molecule has 8 heteroatoms. The number of nitrogens with one attached hydrogen (secondary N) is 2. The Labute approximate surface area is 168 Å². The second-order valence-corrected chi connectivity index (χ2v) is 6.48. The van der Waals surface area contributed by atoms with Crippen molar-refractivity contribution in [2.24, 2.45) is 10.9 Å². The molecule has 28 heavy (non-hydrogen) atoms. The first-order valence-electron chi connectivity index (χ1n) is 8.77. The molecule has 7 nitrogen and oxygen atoms in total. The van der Waals surface area contributed by atoms with E-state index in [4.69, 9.17) is 22.2 Å². The molecule has 0 heterocycles. The quantitative estimate of drug-likeness (QED) is 0.357. The van der Waals surface area contributed by atoms with Crippen LogP contribution in [0.25, 0.3) is 0 Å². The van der Waals surface area contributed by atoms with Crippen LogP contribution in [-0.4, -0.2) is 24.3 Å². The number of nitrogens with zero attached hydrogens (tertiary/aromatic N) is 1. The molecular weight excluding hydrogens is 380 g/mol. The molecule has 0 unspecified atom stereocenters. The van der Waals surface area contributed by atoms with Gasteiger partial charge in [0.25, 0.3) is 5.91 Å². The summed E-state index contributed by atoms with van der Waals surface area (Å²) in [6, 6.07) is 12.7. The number of halogens is 1. The fraction of sp³-hybridized carbons (Fsp3) is 0.250. The van der Waals surface area contributed by atoms with Crippen molar-refractivity contribution >= 4 is 40.6 Å². The maximum Gasteiger partial charge on any atom is 0.265 e. The predicted molar refractivity (Wildman–Crippen MR) is 111 cm³/mol. The first-order valence-corrected chi connectivity index (χ1v) is 9.15. The molecule has 2 aromatic rings. The summed E-state index contributed by atoms with van der Waals surface area (Å²) < 4.78 is 0. The zero-order valence-corrected chi connectivity index (χ0v) is 16.5. The van der Waals surface area contributed by atoms with E-state index in [0.29, 0.717) is 10.7 Å². The van der Waals surface area contributed by atoms with Crippen LogP contribution in [0.1, 0.15) is 24.5 Å². The van der Waals surface area contributed by atoms with E-state index in [9.17, 15) is 9.59 Å². The van der Waals surface area contributed by atoms with E-state index < -0.39 is 5.91 Å². The third-order valence-corrected chi connectivity index (χ3v) is 4.20. The second kappa shape index (κ2) is 10.3. The number of hydrogen-bond donors (Lipinski definition) is 3. The van der Waals surface area contributed by atoms with Crippen LogP contribution in [-0.2, 0) is 20.8 Å². The molecule has 4 N–H and O–H groups in total. The number of carbonyl (C=O) groups excluding carboxylic acids is 2. The van der Waals surface area contributed by atoms with Gasteiger partial charge in [0.1, 0.15) is 5.84 Å². The number of anilines is 2. The Balaban J connectivity index is 1.82. The summed E-state index contributed by atoms with van der Waals surface area (Å²) in [5, 5.41) is 9.47. The highest BCUT2D eigenvalue weighted by Gasteiger charge is 2.10. The Morgan fingerprint density at radius 3 is 2.57 bits per heavy atom. The summed E-state index contributed by atoms with van der Waals surface area (Å²) >= 11 is 5.98. The van der Waals surface area contributed by atoms with Gasteiger partial charge in [-0.1, -0.05) is 54.0 Å². The standard InChI is InChI=1S/C20H23ClN4O3/c1-3-14-8-6-7-13(2)20(14)24-19(27)12-28-25-17(22)11-18(26)23-16-10-5-4-9-15(16)21/h4-10H,3,11-12H2,1-2H3,(H2,22,25)(H,23,26)(H,24,27). The molecule has 0 spiro atoms. The number of benzene rings is 2. The van der Waals surface area contributed by atoms with Crippen molar-refractivity contribution in [2.45, 2.75) is 26.7 Å². The largest absolute Gasteiger partial charge is 0.384 e. The normalized spacial score (nSPS) is 11.0. The lowest BCUT2D eigenvalue weighted by molar-refractivity contribution is -0.120. The first kappa shape index (κ1) is 21.2. The summed E-state index contributed by atoms with van der Waals surface area (Å²) in [6.07, 6.45) is 0.606. The van der Waals surface area contributed by atoms with E-state index in [1.807, 2.05) is 32.0 Å². The van der Waals surface area contributed by atoms with Crippen molar-refractivity contribution in [3.63, 3.8) is 0 Å². The van der Waals surface area contributed by atoms with Crippen molar-refractivity contribution in [3.8, 4) is 0 Å². The Bertz CT molecular complexity index is 884. The Morgan fingerprint density at radius 2 is 1.86 bits per heavy atom. The smallest absolute Gasteiger partial charge is 0.265 e. The third-order valence-electron chi connectivity index (χ3n) is 3.87. The number of carbonyl (C=O) groups is 2. The molecule has 0 aliphatic rings. The molecule has 0 saturated heterocycles. The molecule has 0 aromatic heterocycles. The number of oxime groups is 1. The van der Waals surface area contributed by atoms with Crippen LogP contribution in [0.15, 0.2) is 47.6 Å². The maximum absolute atomic E-state index is 12.1. The molecular formula is C20H23ClN4O3. The maximum atomic E-state index is 12.1. The highest BCUT2D eigenvalue weighted by Crippen LogP contribution is 2.21. The zero-order chi connectivity index (χ0) is 20.5. The van der Waals surface area contributed by atoms with Crippen molar-refractivity contribution < 1.29 is 14.4 Å². The first-order chi connectivity index (χ1) is 13.4. The number of amides is 2. The average molecular weight is 403 g/mol. The molecule has 0 bridgehead atoms. The van der Waals surface area contributed by atoms with Gasteiger partial charge in [-0.25, -0.2) is 0 Å². The van der Waals surface area contributed by atoms with Gasteiger partial charge in [0.15, 0.2) is 6.61 Å². The van der Waals surface area contributed by atoms with Crippen molar-refractivity contribution in [3.05, 3.63) is 58.6 Å². The van der Waals surface area contributed by atoms with Crippen LogP contribution in [0.5, 0.6) is 0 Å². The number of nitrogens with two attached hydrogens (primary N) is 1. The molecule has 0 aliphatic heterocycles. The Morgan fingerprint density at radius 1 is 1.11 bits per heavy atom. The number of hydrogen-bond acceptors (Lipinski definition) is 4. The van der Waals surface area contributed by atoms with E-state index in [0.717, 1.165) is 23.2 Å². The molecule has 0 radical (unpaired) electrons. The van der Waals surface area contributed by atoms with Crippen LogP contribution in [0.3, 0.4) is 0 Å². The summed E-state index contributed by atoms with van der Waals surface area (Å²) in [4.78, 5) is 29.0. The van der Waals surface area contributed by atoms with Gasteiger partial charge in [-0.05, 0) is 36.6 Å². The minimum absolute atomic E-state index is 0.0532. The van der Waals surface area contributed by atoms with Crippen LogP contribution in [0.4, 0.5) is 11.4 Å². The monoisotopic (exact) mass is 402 g/mol. The topological polar surface area (TPSA) is 106 Å². The molecule has 2 aromatic carbocycles.